The van der Waals surface area contributed by atoms with E-state index in [4.69, 9.17) is 0 Å². The van der Waals surface area contributed by atoms with Crippen LogP contribution in [0.4, 0.5) is 11.4 Å². The van der Waals surface area contributed by atoms with Crippen LogP contribution in [-0.2, 0) is 4.79 Å². The highest BCUT2D eigenvalue weighted by molar-refractivity contribution is 7.12. The van der Waals surface area contributed by atoms with E-state index in [1.165, 1.54) is 11.3 Å². The van der Waals surface area contributed by atoms with Crippen molar-refractivity contribution in [3.63, 3.8) is 0 Å². The van der Waals surface area contributed by atoms with Gasteiger partial charge in [-0.05, 0) is 41.6 Å². The van der Waals surface area contributed by atoms with Crippen molar-refractivity contribution in [2.45, 2.75) is 19.4 Å². The summed E-state index contributed by atoms with van der Waals surface area (Å²) in [5, 5.41) is 1.92. The zero-order valence-electron chi connectivity index (χ0n) is 15.0. The van der Waals surface area contributed by atoms with E-state index in [0.29, 0.717) is 13.0 Å². The predicted octanol–water partition coefficient (Wildman–Crippen LogP) is 4.89. The van der Waals surface area contributed by atoms with Gasteiger partial charge in [0.25, 0.3) is 5.91 Å². The maximum absolute atomic E-state index is 13.0. The number of nitrogens with zero attached hydrogens (tertiary/aromatic N) is 2. The SMILES string of the molecule is CC(=O)N(c1ccccc1)C1CCN(C(=O)c2cccs2)c2ccccc21. The van der Waals surface area contributed by atoms with E-state index in [9.17, 15) is 9.59 Å². The average Bonchev–Trinajstić information content (AvgIpc) is 3.23. The van der Waals surface area contributed by atoms with Crippen molar-refractivity contribution >= 4 is 34.5 Å². The smallest absolute Gasteiger partial charge is 0.268 e. The van der Waals surface area contributed by atoms with Gasteiger partial charge in [-0.3, -0.25) is 9.59 Å². The Morgan fingerprint density at radius 2 is 1.74 bits per heavy atom. The Hall–Kier alpha value is -2.92. The standard InChI is InChI=1S/C22H20N2O2S/c1-16(25)24(17-8-3-2-4-9-17)20-13-14-23(19-11-6-5-10-18(19)20)22(26)21-12-7-15-27-21/h2-12,15,20H,13-14H2,1H3. The zero-order chi connectivity index (χ0) is 18.8. The molecule has 1 unspecified atom stereocenters. The predicted molar refractivity (Wildman–Crippen MR) is 109 cm³/mol. The summed E-state index contributed by atoms with van der Waals surface area (Å²) in [5.41, 5.74) is 2.77. The Balaban J connectivity index is 1.74. The van der Waals surface area contributed by atoms with Crippen molar-refractivity contribution in [2.75, 3.05) is 16.3 Å². The van der Waals surface area contributed by atoms with E-state index in [1.54, 1.807) is 6.92 Å². The van der Waals surface area contributed by atoms with Crippen molar-refractivity contribution in [1.82, 2.24) is 0 Å². The van der Waals surface area contributed by atoms with E-state index in [1.807, 2.05) is 81.9 Å². The molecular weight excluding hydrogens is 356 g/mol. The van der Waals surface area contributed by atoms with Crippen LogP contribution in [-0.4, -0.2) is 18.4 Å². The van der Waals surface area contributed by atoms with Gasteiger partial charge in [0.2, 0.25) is 5.91 Å². The lowest BCUT2D eigenvalue weighted by Gasteiger charge is -2.39. The lowest BCUT2D eigenvalue weighted by Crippen LogP contribution is -2.42. The summed E-state index contributed by atoms with van der Waals surface area (Å²) in [6, 6.07) is 21.3. The molecule has 0 saturated heterocycles. The van der Waals surface area contributed by atoms with Gasteiger partial charge in [0.15, 0.2) is 0 Å². The molecule has 0 aliphatic carbocycles. The summed E-state index contributed by atoms with van der Waals surface area (Å²) < 4.78 is 0. The summed E-state index contributed by atoms with van der Waals surface area (Å²) in [7, 11) is 0. The van der Waals surface area contributed by atoms with Crippen LogP contribution in [0.3, 0.4) is 0 Å². The van der Waals surface area contributed by atoms with Crippen molar-refractivity contribution in [1.29, 1.82) is 0 Å². The topological polar surface area (TPSA) is 40.6 Å². The number of carbonyl (C=O) groups is 2. The van der Waals surface area contributed by atoms with Crippen molar-refractivity contribution < 1.29 is 9.59 Å². The third-order valence-electron chi connectivity index (χ3n) is 4.88. The van der Waals surface area contributed by atoms with Gasteiger partial charge < -0.3 is 9.80 Å². The molecule has 1 aliphatic rings. The molecule has 1 aromatic heterocycles. The Bertz CT molecular complexity index is 953. The van der Waals surface area contributed by atoms with Gasteiger partial charge in [0.1, 0.15) is 0 Å². The Kier molecular flexibility index (Phi) is 4.77. The number of anilines is 2. The molecule has 27 heavy (non-hydrogen) atoms. The maximum atomic E-state index is 13.0. The second-order valence-electron chi connectivity index (χ2n) is 6.52. The normalized spacial score (nSPS) is 15.9. The summed E-state index contributed by atoms with van der Waals surface area (Å²) in [5.74, 6) is 0.0176. The average molecular weight is 376 g/mol. The second-order valence-corrected chi connectivity index (χ2v) is 7.47. The van der Waals surface area contributed by atoms with Crippen molar-refractivity contribution in [3.8, 4) is 0 Å². The molecule has 4 rings (SSSR count). The highest BCUT2D eigenvalue weighted by Crippen LogP contribution is 2.40. The molecule has 1 aliphatic heterocycles. The van der Waals surface area contributed by atoms with Crippen LogP contribution >= 0.6 is 11.3 Å². The Morgan fingerprint density at radius 1 is 1.00 bits per heavy atom. The van der Waals surface area contributed by atoms with Crippen LogP contribution in [0, 0.1) is 0 Å². The molecule has 1 atom stereocenters. The van der Waals surface area contributed by atoms with Crippen molar-refractivity contribution in [2.24, 2.45) is 0 Å². The molecule has 136 valence electrons. The van der Waals surface area contributed by atoms with E-state index in [2.05, 4.69) is 0 Å². The first-order valence-electron chi connectivity index (χ1n) is 8.96. The Labute approximate surface area is 162 Å². The quantitative estimate of drug-likeness (QED) is 0.653. The molecule has 2 heterocycles. The monoisotopic (exact) mass is 376 g/mol. The first-order chi connectivity index (χ1) is 13.2. The molecular formula is C22H20N2O2S. The fourth-order valence-electron chi connectivity index (χ4n) is 3.72. The van der Waals surface area contributed by atoms with E-state index in [-0.39, 0.29) is 17.9 Å². The van der Waals surface area contributed by atoms with Gasteiger partial charge >= 0.3 is 0 Å². The first kappa shape index (κ1) is 17.5. The molecule has 0 radical (unpaired) electrons. The van der Waals surface area contributed by atoms with Gasteiger partial charge in [-0.2, -0.15) is 0 Å². The van der Waals surface area contributed by atoms with Crippen LogP contribution in [0.2, 0.25) is 0 Å². The third-order valence-corrected chi connectivity index (χ3v) is 5.73. The summed E-state index contributed by atoms with van der Waals surface area (Å²) in [6.07, 6.45) is 0.697. The number of para-hydroxylation sites is 2. The summed E-state index contributed by atoms with van der Waals surface area (Å²) in [4.78, 5) is 29.9. The van der Waals surface area contributed by atoms with Gasteiger partial charge in [-0.25, -0.2) is 0 Å². The van der Waals surface area contributed by atoms with Crippen LogP contribution < -0.4 is 9.80 Å². The van der Waals surface area contributed by atoms with Crippen molar-refractivity contribution in [3.05, 3.63) is 82.6 Å². The van der Waals surface area contributed by atoms with Crippen LogP contribution in [0.5, 0.6) is 0 Å². The van der Waals surface area contributed by atoms with Gasteiger partial charge in [0, 0.05) is 24.8 Å². The lowest BCUT2D eigenvalue weighted by molar-refractivity contribution is -0.117. The fraction of sp³-hybridized carbons (Fsp3) is 0.182. The van der Waals surface area contributed by atoms with Crippen LogP contribution in [0.15, 0.2) is 72.1 Å². The maximum Gasteiger partial charge on any atom is 0.268 e. The Morgan fingerprint density at radius 3 is 2.44 bits per heavy atom. The molecule has 0 fully saturated rings. The van der Waals surface area contributed by atoms with E-state index >= 15 is 0 Å². The first-order valence-corrected chi connectivity index (χ1v) is 9.84. The number of carbonyl (C=O) groups excluding carboxylic acids is 2. The number of hydrogen-bond acceptors (Lipinski definition) is 3. The lowest BCUT2D eigenvalue weighted by atomic mass is 9.94. The van der Waals surface area contributed by atoms with Gasteiger partial charge in [-0.15, -0.1) is 11.3 Å². The van der Waals surface area contributed by atoms with E-state index in [0.717, 1.165) is 21.8 Å². The minimum absolute atomic E-state index is 0.000892. The zero-order valence-corrected chi connectivity index (χ0v) is 15.9. The number of benzene rings is 2. The fourth-order valence-corrected chi connectivity index (χ4v) is 4.40. The number of rotatable bonds is 3. The number of thiophene rings is 1. The molecule has 0 N–H and O–H groups in total. The minimum Gasteiger partial charge on any atom is -0.307 e. The molecule has 0 saturated carbocycles. The molecule has 0 spiro atoms. The highest BCUT2D eigenvalue weighted by atomic mass is 32.1. The number of amides is 2. The third kappa shape index (κ3) is 3.26. The van der Waals surface area contributed by atoms with Crippen LogP contribution in [0.25, 0.3) is 0 Å². The van der Waals surface area contributed by atoms with Crippen LogP contribution in [0.1, 0.15) is 34.6 Å². The summed E-state index contributed by atoms with van der Waals surface area (Å²) in [6.45, 7) is 2.17. The second kappa shape index (κ2) is 7.37. The van der Waals surface area contributed by atoms with Gasteiger partial charge in [0.05, 0.1) is 10.9 Å². The number of hydrogen-bond donors (Lipinski definition) is 0. The molecule has 0 bridgehead atoms. The molecule has 5 heteroatoms. The minimum atomic E-state index is -0.0894. The highest BCUT2D eigenvalue weighted by Gasteiger charge is 2.34. The number of fused-ring (bicyclic) bond motifs is 1. The summed E-state index contributed by atoms with van der Waals surface area (Å²) >= 11 is 1.45. The molecule has 2 amide bonds. The largest absolute Gasteiger partial charge is 0.307 e. The molecule has 4 nitrogen and oxygen atoms in total. The van der Waals surface area contributed by atoms with E-state index < -0.39 is 0 Å². The molecule has 3 aromatic rings. The molecule has 2 aromatic carbocycles. The van der Waals surface area contributed by atoms with Gasteiger partial charge in [-0.1, -0.05) is 42.5 Å².